The lowest BCUT2D eigenvalue weighted by molar-refractivity contribution is -0.384. The first-order chi connectivity index (χ1) is 14.1. The summed E-state index contributed by atoms with van der Waals surface area (Å²) in [4.78, 5) is 22.9. The van der Waals surface area contributed by atoms with E-state index in [1.54, 1.807) is 48.5 Å². The molecule has 2 aromatic carbocycles. The molecule has 4 rings (SSSR count). The number of benzene rings is 2. The molecule has 0 saturated carbocycles. The van der Waals surface area contributed by atoms with Crippen molar-refractivity contribution in [1.82, 2.24) is 5.43 Å². The third-order valence-electron chi connectivity index (χ3n) is 4.16. The van der Waals surface area contributed by atoms with Gasteiger partial charge < -0.3 is 13.9 Å². The van der Waals surface area contributed by atoms with Crippen LogP contribution < -0.4 is 14.9 Å². The van der Waals surface area contributed by atoms with Crippen molar-refractivity contribution in [3.8, 4) is 22.8 Å². The van der Waals surface area contributed by atoms with Crippen LogP contribution in [0.1, 0.15) is 5.76 Å². The molecule has 1 aliphatic rings. The molecule has 0 radical (unpaired) electrons. The molecule has 0 spiro atoms. The van der Waals surface area contributed by atoms with Gasteiger partial charge in [-0.2, -0.15) is 5.10 Å². The van der Waals surface area contributed by atoms with Crippen LogP contribution in [0.25, 0.3) is 11.3 Å². The van der Waals surface area contributed by atoms with Crippen LogP contribution in [-0.2, 0) is 4.79 Å². The number of nitrogens with zero attached hydrogens (tertiary/aromatic N) is 2. The van der Waals surface area contributed by atoms with Crippen molar-refractivity contribution in [3.05, 3.63) is 76.5 Å². The number of carbonyl (C=O) groups excluding carboxylic acids is 1. The predicted octanol–water partition coefficient (Wildman–Crippen LogP) is 3.14. The minimum Gasteiger partial charge on any atom is -0.485 e. The van der Waals surface area contributed by atoms with Gasteiger partial charge in [0.15, 0.2) is 11.5 Å². The van der Waals surface area contributed by atoms with Crippen LogP contribution in [0.3, 0.4) is 0 Å². The van der Waals surface area contributed by atoms with Gasteiger partial charge in [0.1, 0.15) is 18.1 Å². The number of amides is 1. The number of hydrazone groups is 1. The van der Waals surface area contributed by atoms with Gasteiger partial charge in [0.2, 0.25) is 6.10 Å². The topological polar surface area (TPSA) is 116 Å². The van der Waals surface area contributed by atoms with Crippen molar-refractivity contribution in [1.29, 1.82) is 0 Å². The Balaban J connectivity index is 1.40. The third-order valence-corrected chi connectivity index (χ3v) is 4.16. The second-order valence-electron chi connectivity index (χ2n) is 6.07. The SMILES string of the molecule is O=C(N/N=C/c1ccc(-c2ccccc2[N+](=O)[O-])o1)[C@H]1COc2ccccc2O1. The van der Waals surface area contributed by atoms with Crippen molar-refractivity contribution < 1.29 is 23.6 Å². The fourth-order valence-corrected chi connectivity index (χ4v) is 2.79. The maximum Gasteiger partial charge on any atom is 0.284 e. The van der Waals surface area contributed by atoms with E-state index in [-0.39, 0.29) is 12.3 Å². The fourth-order valence-electron chi connectivity index (χ4n) is 2.79. The zero-order chi connectivity index (χ0) is 20.2. The van der Waals surface area contributed by atoms with Crippen molar-refractivity contribution in [2.24, 2.45) is 5.10 Å². The molecule has 0 saturated heterocycles. The number of nitro benzene ring substituents is 1. The fraction of sp³-hybridized carbons (Fsp3) is 0.100. The monoisotopic (exact) mass is 393 g/mol. The quantitative estimate of drug-likeness (QED) is 0.404. The Morgan fingerprint density at radius 3 is 2.69 bits per heavy atom. The van der Waals surface area contributed by atoms with Crippen LogP contribution in [0.4, 0.5) is 5.69 Å². The summed E-state index contributed by atoms with van der Waals surface area (Å²) in [5.41, 5.74) is 2.66. The number of nitrogens with one attached hydrogen (secondary N) is 1. The molecule has 146 valence electrons. The number of para-hydroxylation sites is 3. The minimum absolute atomic E-state index is 0.0617. The number of furan rings is 1. The lowest BCUT2D eigenvalue weighted by Gasteiger charge is -2.24. The average molecular weight is 393 g/mol. The molecule has 1 aromatic heterocycles. The molecule has 0 unspecified atom stereocenters. The van der Waals surface area contributed by atoms with Gasteiger partial charge in [0.25, 0.3) is 11.6 Å². The van der Waals surface area contributed by atoms with Crippen molar-refractivity contribution in [2.45, 2.75) is 6.10 Å². The lowest BCUT2D eigenvalue weighted by atomic mass is 10.1. The number of hydrogen-bond donors (Lipinski definition) is 1. The van der Waals surface area contributed by atoms with Gasteiger partial charge in [0, 0.05) is 6.07 Å². The summed E-state index contributed by atoms with van der Waals surface area (Å²) < 4.78 is 16.7. The summed E-state index contributed by atoms with van der Waals surface area (Å²) in [6, 6.07) is 16.5. The van der Waals surface area contributed by atoms with Crippen LogP contribution in [0.5, 0.6) is 11.5 Å². The Hall–Kier alpha value is -4.14. The number of ether oxygens (including phenoxy) is 2. The summed E-state index contributed by atoms with van der Waals surface area (Å²) in [7, 11) is 0. The Kier molecular flexibility index (Phi) is 4.93. The highest BCUT2D eigenvalue weighted by Gasteiger charge is 2.27. The molecule has 1 aliphatic heterocycles. The van der Waals surface area contributed by atoms with E-state index in [4.69, 9.17) is 13.9 Å². The summed E-state index contributed by atoms with van der Waals surface area (Å²) in [6.45, 7) is 0.0704. The molecular weight excluding hydrogens is 378 g/mol. The highest BCUT2D eigenvalue weighted by atomic mass is 16.6. The molecule has 9 nitrogen and oxygen atoms in total. The molecular formula is C20H15N3O6. The van der Waals surface area contributed by atoms with E-state index in [1.807, 2.05) is 6.07 Å². The molecule has 0 bridgehead atoms. The lowest BCUT2D eigenvalue weighted by Crippen LogP contribution is -2.42. The van der Waals surface area contributed by atoms with E-state index in [1.165, 1.54) is 12.3 Å². The van der Waals surface area contributed by atoms with Crippen molar-refractivity contribution in [2.75, 3.05) is 6.61 Å². The molecule has 1 N–H and O–H groups in total. The van der Waals surface area contributed by atoms with Crippen LogP contribution in [0.15, 0.2) is 70.2 Å². The summed E-state index contributed by atoms with van der Waals surface area (Å²) in [5.74, 6) is 1.25. The zero-order valence-electron chi connectivity index (χ0n) is 15.0. The van der Waals surface area contributed by atoms with Crippen LogP contribution in [-0.4, -0.2) is 29.8 Å². The molecule has 1 atom stereocenters. The molecule has 0 fully saturated rings. The maximum atomic E-state index is 12.2. The largest absolute Gasteiger partial charge is 0.485 e. The van der Waals surface area contributed by atoms with Gasteiger partial charge in [-0.15, -0.1) is 0 Å². The predicted molar refractivity (Wildman–Crippen MR) is 103 cm³/mol. The van der Waals surface area contributed by atoms with Gasteiger partial charge in [-0.05, 0) is 30.3 Å². The van der Waals surface area contributed by atoms with E-state index in [0.29, 0.717) is 28.6 Å². The highest BCUT2D eigenvalue weighted by molar-refractivity contribution is 5.84. The Bertz CT molecular complexity index is 1090. The van der Waals surface area contributed by atoms with Gasteiger partial charge >= 0.3 is 0 Å². The number of fused-ring (bicyclic) bond motifs is 1. The molecule has 2 heterocycles. The molecule has 9 heteroatoms. The summed E-state index contributed by atoms with van der Waals surface area (Å²) in [6.07, 6.45) is 0.467. The highest BCUT2D eigenvalue weighted by Crippen LogP contribution is 2.31. The van der Waals surface area contributed by atoms with Crippen LogP contribution in [0, 0.1) is 10.1 Å². The first kappa shape index (κ1) is 18.2. The molecule has 29 heavy (non-hydrogen) atoms. The third kappa shape index (κ3) is 3.93. The number of nitro groups is 1. The molecule has 3 aromatic rings. The van der Waals surface area contributed by atoms with E-state index in [9.17, 15) is 14.9 Å². The van der Waals surface area contributed by atoms with E-state index < -0.39 is 16.9 Å². The van der Waals surface area contributed by atoms with Crippen LogP contribution >= 0.6 is 0 Å². The van der Waals surface area contributed by atoms with Gasteiger partial charge in [-0.25, -0.2) is 5.43 Å². The summed E-state index contributed by atoms with van der Waals surface area (Å²) >= 11 is 0. The van der Waals surface area contributed by atoms with Crippen LogP contribution in [0.2, 0.25) is 0 Å². The first-order valence-corrected chi connectivity index (χ1v) is 8.67. The number of rotatable bonds is 5. The first-order valence-electron chi connectivity index (χ1n) is 8.67. The van der Waals surface area contributed by atoms with Crippen molar-refractivity contribution >= 4 is 17.8 Å². The zero-order valence-corrected chi connectivity index (χ0v) is 15.0. The smallest absolute Gasteiger partial charge is 0.284 e. The van der Waals surface area contributed by atoms with Gasteiger partial charge in [-0.3, -0.25) is 14.9 Å². The van der Waals surface area contributed by atoms with E-state index in [0.717, 1.165) is 0 Å². The van der Waals surface area contributed by atoms with Gasteiger partial charge in [0.05, 0.1) is 16.7 Å². The van der Waals surface area contributed by atoms with Gasteiger partial charge in [-0.1, -0.05) is 24.3 Å². The molecule has 0 aliphatic carbocycles. The normalized spacial score (nSPS) is 15.2. The van der Waals surface area contributed by atoms with Crippen molar-refractivity contribution in [3.63, 3.8) is 0 Å². The maximum absolute atomic E-state index is 12.2. The van der Waals surface area contributed by atoms with E-state index in [2.05, 4.69) is 10.5 Å². The second kappa shape index (κ2) is 7.85. The standard InChI is InChI=1S/C20H15N3O6/c24-20(19-12-27-17-7-3-4-8-18(17)29-19)22-21-11-13-9-10-16(28-13)14-5-1-2-6-15(14)23(25)26/h1-11,19H,12H2,(H,22,24)/b21-11+/t19-/m1/s1. The minimum atomic E-state index is -0.832. The number of carbonyl (C=O) groups is 1. The second-order valence-corrected chi connectivity index (χ2v) is 6.07. The van der Waals surface area contributed by atoms with E-state index >= 15 is 0 Å². The average Bonchev–Trinajstić information content (AvgIpc) is 3.22. The molecule has 1 amide bonds. The Labute approximate surface area is 164 Å². The Morgan fingerprint density at radius 1 is 1.10 bits per heavy atom. The number of hydrogen-bond acceptors (Lipinski definition) is 7. The Morgan fingerprint density at radius 2 is 1.86 bits per heavy atom. The summed E-state index contributed by atoms with van der Waals surface area (Å²) in [5, 5.41) is 15.0.